The minimum Gasteiger partial charge on any atom is -0.356 e. The second-order valence-electron chi connectivity index (χ2n) is 5.08. The lowest BCUT2D eigenvalue weighted by Gasteiger charge is -2.30. The van der Waals surface area contributed by atoms with Gasteiger partial charge in [0.1, 0.15) is 0 Å². The number of alkyl halides is 3. The fourth-order valence-electron chi connectivity index (χ4n) is 2.34. The van der Waals surface area contributed by atoms with Gasteiger partial charge in [0.15, 0.2) is 5.96 Å². The van der Waals surface area contributed by atoms with Crippen LogP contribution in [0.15, 0.2) is 16.1 Å². The van der Waals surface area contributed by atoms with E-state index < -0.39 is 12.1 Å². The van der Waals surface area contributed by atoms with Crippen molar-refractivity contribution < 1.29 is 13.2 Å². The van der Waals surface area contributed by atoms with Crippen LogP contribution in [0.25, 0.3) is 0 Å². The minimum atomic E-state index is -4.04. The molecule has 7 heteroatoms. The number of hydrogen-bond acceptors (Lipinski definition) is 1. The van der Waals surface area contributed by atoms with E-state index in [1.165, 1.54) is 0 Å². The SMILES string of the molecule is C=C(Br)CNC(=NC)NCC1CCC(C(F)(F)F)CC1. The molecule has 0 atom stereocenters. The summed E-state index contributed by atoms with van der Waals surface area (Å²) in [7, 11) is 1.66. The van der Waals surface area contributed by atoms with Crippen LogP contribution in [-0.4, -0.2) is 32.3 Å². The monoisotopic (exact) mass is 355 g/mol. The molecule has 1 rings (SSSR count). The normalized spacial score (nSPS) is 24.4. The van der Waals surface area contributed by atoms with Crippen LogP contribution in [0.5, 0.6) is 0 Å². The predicted molar refractivity (Wildman–Crippen MR) is 78.9 cm³/mol. The maximum Gasteiger partial charge on any atom is 0.391 e. The standard InChI is InChI=1S/C13H21BrF3N3/c1-9(14)7-19-12(18-2)20-8-10-3-5-11(6-4-10)13(15,16)17/h10-11H,1,3-8H2,2H3,(H2,18,19,20). The highest BCUT2D eigenvalue weighted by atomic mass is 79.9. The molecule has 0 aromatic carbocycles. The Morgan fingerprint density at radius 1 is 1.25 bits per heavy atom. The van der Waals surface area contributed by atoms with Crippen LogP contribution in [0.2, 0.25) is 0 Å². The van der Waals surface area contributed by atoms with Gasteiger partial charge in [-0.1, -0.05) is 22.5 Å². The van der Waals surface area contributed by atoms with Gasteiger partial charge in [-0.05, 0) is 31.6 Å². The van der Waals surface area contributed by atoms with E-state index in [1.807, 2.05) is 0 Å². The van der Waals surface area contributed by atoms with Gasteiger partial charge >= 0.3 is 6.18 Å². The molecule has 0 unspecified atom stereocenters. The molecule has 1 aliphatic rings. The zero-order valence-electron chi connectivity index (χ0n) is 11.6. The van der Waals surface area contributed by atoms with Gasteiger partial charge < -0.3 is 10.6 Å². The zero-order valence-corrected chi connectivity index (χ0v) is 13.1. The molecular weight excluding hydrogens is 335 g/mol. The first-order chi connectivity index (χ1) is 9.32. The van der Waals surface area contributed by atoms with Gasteiger partial charge in [0.05, 0.1) is 5.92 Å². The van der Waals surface area contributed by atoms with Gasteiger partial charge in [-0.15, -0.1) is 0 Å². The van der Waals surface area contributed by atoms with Crippen molar-refractivity contribution in [1.29, 1.82) is 0 Å². The van der Waals surface area contributed by atoms with Gasteiger partial charge in [-0.2, -0.15) is 13.2 Å². The molecule has 3 nitrogen and oxygen atoms in total. The highest BCUT2D eigenvalue weighted by molar-refractivity contribution is 9.11. The van der Waals surface area contributed by atoms with Gasteiger partial charge in [0.25, 0.3) is 0 Å². The van der Waals surface area contributed by atoms with Crippen molar-refractivity contribution in [2.45, 2.75) is 31.9 Å². The van der Waals surface area contributed by atoms with E-state index in [-0.39, 0.29) is 18.8 Å². The topological polar surface area (TPSA) is 36.4 Å². The third-order valence-electron chi connectivity index (χ3n) is 3.54. The minimum absolute atomic E-state index is 0.236. The van der Waals surface area contributed by atoms with E-state index in [1.54, 1.807) is 7.05 Å². The van der Waals surface area contributed by atoms with E-state index in [0.717, 1.165) is 4.48 Å². The second-order valence-corrected chi connectivity index (χ2v) is 6.20. The van der Waals surface area contributed by atoms with Crippen LogP contribution in [0, 0.1) is 11.8 Å². The number of nitrogens with one attached hydrogen (secondary N) is 2. The van der Waals surface area contributed by atoms with E-state index in [2.05, 4.69) is 38.1 Å². The van der Waals surface area contributed by atoms with Gasteiger partial charge in [-0.25, -0.2) is 0 Å². The summed E-state index contributed by atoms with van der Waals surface area (Å²) >= 11 is 3.24. The summed E-state index contributed by atoms with van der Waals surface area (Å²) < 4.78 is 38.5. The largest absolute Gasteiger partial charge is 0.391 e. The molecule has 116 valence electrons. The third kappa shape index (κ3) is 6.15. The molecular formula is C13H21BrF3N3. The fraction of sp³-hybridized carbons (Fsp3) is 0.769. The van der Waals surface area contributed by atoms with Gasteiger partial charge in [0.2, 0.25) is 0 Å². The molecule has 0 radical (unpaired) electrons. The smallest absolute Gasteiger partial charge is 0.356 e. The Hall–Kier alpha value is -0.720. The quantitative estimate of drug-likeness (QED) is 0.598. The van der Waals surface area contributed by atoms with Crippen molar-refractivity contribution in [2.75, 3.05) is 20.1 Å². The van der Waals surface area contributed by atoms with Crippen LogP contribution in [0.1, 0.15) is 25.7 Å². The summed E-state index contributed by atoms with van der Waals surface area (Å²) in [6.07, 6.45) is -2.34. The first kappa shape index (κ1) is 17.3. The maximum atomic E-state index is 12.6. The number of aliphatic imine (C=N–C) groups is 1. The highest BCUT2D eigenvalue weighted by Crippen LogP contribution is 2.39. The summed E-state index contributed by atoms with van der Waals surface area (Å²) in [5.41, 5.74) is 0. The summed E-state index contributed by atoms with van der Waals surface area (Å²) in [6.45, 7) is 4.92. The Morgan fingerprint density at radius 2 is 1.85 bits per heavy atom. The lowest BCUT2D eigenvalue weighted by atomic mass is 9.81. The molecule has 1 saturated carbocycles. The molecule has 0 aliphatic heterocycles. The maximum absolute atomic E-state index is 12.6. The molecule has 0 aromatic rings. The van der Waals surface area contributed by atoms with Crippen molar-refractivity contribution in [3.8, 4) is 0 Å². The Kier molecular flexibility index (Phi) is 6.85. The van der Waals surface area contributed by atoms with Crippen LogP contribution in [0.3, 0.4) is 0 Å². The zero-order chi connectivity index (χ0) is 15.2. The van der Waals surface area contributed by atoms with Crippen molar-refractivity contribution >= 4 is 21.9 Å². The third-order valence-corrected chi connectivity index (χ3v) is 3.82. The van der Waals surface area contributed by atoms with Crippen molar-refractivity contribution in [2.24, 2.45) is 16.8 Å². The number of guanidine groups is 1. The number of halogens is 4. The molecule has 1 fully saturated rings. The summed E-state index contributed by atoms with van der Waals surface area (Å²) in [6, 6.07) is 0. The first-order valence-electron chi connectivity index (χ1n) is 6.67. The summed E-state index contributed by atoms with van der Waals surface area (Å²) in [4.78, 5) is 4.05. The first-order valence-corrected chi connectivity index (χ1v) is 7.46. The van der Waals surface area contributed by atoms with Crippen molar-refractivity contribution in [1.82, 2.24) is 10.6 Å². The number of rotatable bonds is 4. The molecule has 0 heterocycles. The molecule has 2 N–H and O–H groups in total. The molecule has 0 spiro atoms. The molecule has 0 bridgehead atoms. The molecule has 0 saturated heterocycles. The van der Waals surface area contributed by atoms with E-state index in [4.69, 9.17) is 0 Å². The average molecular weight is 356 g/mol. The predicted octanol–water partition coefficient (Wildman–Crippen LogP) is 3.43. The van der Waals surface area contributed by atoms with E-state index in [0.29, 0.717) is 31.9 Å². The fourth-order valence-corrected chi connectivity index (χ4v) is 2.48. The van der Waals surface area contributed by atoms with Crippen molar-refractivity contribution in [3.63, 3.8) is 0 Å². The Bertz CT molecular complexity index is 347. The average Bonchev–Trinajstić information content (AvgIpc) is 2.38. The van der Waals surface area contributed by atoms with Crippen LogP contribution in [-0.2, 0) is 0 Å². The Labute approximate surface area is 126 Å². The summed E-state index contributed by atoms with van der Waals surface area (Å²) in [5, 5.41) is 6.20. The van der Waals surface area contributed by atoms with Gasteiger partial charge in [0, 0.05) is 24.6 Å². The second kappa shape index (κ2) is 7.90. The number of hydrogen-bond donors (Lipinski definition) is 2. The van der Waals surface area contributed by atoms with E-state index in [9.17, 15) is 13.2 Å². The lowest BCUT2D eigenvalue weighted by molar-refractivity contribution is -0.183. The van der Waals surface area contributed by atoms with Crippen molar-refractivity contribution in [3.05, 3.63) is 11.1 Å². The molecule has 0 amide bonds. The van der Waals surface area contributed by atoms with Crippen LogP contribution >= 0.6 is 15.9 Å². The molecule has 1 aliphatic carbocycles. The van der Waals surface area contributed by atoms with Crippen LogP contribution < -0.4 is 10.6 Å². The molecule has 0 aromatic heterocycles. The van der Waals surface area contributed by atoms with Gasteiger partial charge in [-0.3, -0.25) is 4.99 Å². The van der Waals surface area contributed by atoms with Crippen LogP contribution in [0.4, 0.5) is 13.2 Å². The Balaban J connectivity index is 2.28. The lowest BCUT2D eigenvalue weighted by Crippen LogP contribution is -2.41. The Morgan fingerprint density at radius 3 is 2.30 bits per heavy atom. The number of nitrogens with zero attached hydrogens (tertiary/aromatic N) is 1. The summed E-state index contributed by atoms with van der Waals surface area (Å²) in [5.74, 6) is -0.198. The highest BCUT2D eigenvalue weighted by Gasteiger charge is 2.41. The van der Waals surface area contributed by atoms with E-state index >= 15 is 0 Å². The molecule has 20 heavy (non-hydrogen) atoms.